The number of aryl methyl sites for hydroxylation is 1. The lowest BCUT2D eigenvalue weighted by atomic mass is 10.1. The molecule has 2 aromatic heterocycles. The molecule has 0 saturated carbocycles. The Kier molecular flexibility index (Phi) is 3.02. The average Bonchev–Trinajstić information content (AvgIpc) is 3.02. The highest BCUT2D eigenvalue weighted by Gasteiger charge is 2.20. The molecular weight excluding hydrogens is 256 g/mol. The Bertz CT molecular complexity index is 770. The van der Waals surface area contributed by atoms with Crippen LogP contribution in [0.15, 0.2) is 41.1 Å². The van der Waals surface area contributed by atoms with Crippen molar-refractivity contribution in [1.82, 2.24) is 9.55 Å². The van der Waals surface area contributed by atoms with Gasteiger partial charge in [0.25, 0.3) is 0 Å². The van der Waals surface area contributed by atoms with E-state index in [0.717, 1.165) is 12.2 Å². The van der Waals surface area contributed by atoms with Gasteiger partial charge in [-0.05, 0) is 6.07 Å². The molecule has 1 N–H and O–H groups in total. The Morgan fingerprint density at radius 3 is 2.95 bits per heavy atom. The summed E-state index contributed by atoms with van der Waals surface area (Å²) in [5.41, 5.74) is 0.828. The molecule has 0 fully saturated rings. The predicted octanol–water partition coefficient (Wildman–Crippen LogP) is 2.94. The van der Waals surface area contributed by atoms with Crippen LogP contribution in [0, 0.1) is 0 Å². The van der Waals surface area contributed by atoms with Gasteiger partial charge in [-0.3, -0.25) is 0 Å². The van der Waals surface area contributed by atoms with Crippen LogP contribution in [0.1, 0.15) is 28.9 Å². The molecule has 102 valence electrons. The van der Waals surface area contributed by atoms with E-state index in [4.69, 9.17) is 4.42 Å². The first-order chi connectivity index (χ1) is 9.70. The Morgan fingerprint density at radius 2 is 2.20 bits per heavy atom. The molecule has 0 amide bonds. The molecule has 0 saturated heterocycles. The summed E-state index contributed by atoms with van der Waals surface area (Å²) in [5, 5.41) is 10.1. The van der Waals surface area contributed by atoms with E-state index in [9.17, 15) is 9.90 Å². The lowest BCUT2D eigenvalue weighted by Gasteiger charge is -2.04. The minimum Gasteiger partial charge on any atom is -0.478 e. The average molecular weight is 270 g/mol. The van der Waals surface area contributed by atoms with Gasteiger partial charge in [0, 0.05) is 24.2 Å². The standard InChI is InChI=1S/C15H14N2O3/c1-2-13-16-7-8-17(13)9-12-14(15(18)19)10-5-3-4-6-11(10)20-12/h3-8H,2,9H2,1H3,(H,18,19). The molecule has 3 rings (SSSR count). The molecule has 0 spiro atoms. The molecule has 0 aliphatic carbocycles. The summed E-state index contributed by atoms with van der Waals surface area (Å²) < 4.78 is 7.61. The number of imidazole rings is 1. The minimum absolute atomic E-state index is 0.233. The Labute approximate surface area is 115 Å². The van der Waals surface area contributed by atoms with Gasteiger partial charge in [0.1, 0.15) is 22.7 Å². The van der Waals surface area contributed by atoms with Crippen LogP contribution in [0.5, 0.6) is 0 Å². The van der Waals surface area contributed by atoms with Crippen LogP contribution >= 0.6 is 0 Å². The number of para-hydroxylation sites is 1. The topological polar surface area (TPSA) is 68.3 Å². The van der Waals surface area contributed by atoms with Gasteiger partial charge in [0.15, 0.2) is 0 Å². The van der Waals surface area contributed by atoms with Gasteiger partial charge in [0.05, 0.1) is 6.54 Å². The summed E-state index contributed by atoms with van der Waals surface area (Å²) in [4.78, 5) is 15.7. The highest BCUT2D eigenvalue weighted by Crippen LogP contribution is 2.26. The van der Waals surface area contributed by atoms with E-state index < -0.39 is 5.97 Å². The van der Waals surface area contributed by atoms with Crippen LogP contribution < -0.4 is 0 Å². The SMILES string of the molecule is CCc1nccn1Cc1oc2ccccc2c1C(=O)O. The van der Waals surface area contributed by atoms with Gasteiger partial charge < -0.3 is 14.1 Å². The van der Waals surface area contributed by atoms with E-state index in [1.54, 1.807) is 18.3 Å². The molecule has 0 unspecified atom stereocenters. The van der Waals surface area contributed by atoms with Crippen molar-refractivity contribution in [3.05, 3.63) is 53.8 Å². The Morgan fingerprint density at radius 1 is 1.40 bits per heavy atom. The van der Waals surface area contributed by atoms with Crippen molar-refractivity contribution in [2.45, 2.75) is 19.9 Å². The fourth-order valence-corrected chi connectivity index (χ4v) is 2.40. The number of carboxylic acid groups (broad SMARTS) is 1. The van der Waals surface area contributed by atoms with E-state index in [2.05, 4.69) is 4.98 Å². The summed E-state index contributed by atoms with van der Waals surface area (Å²) in [6.07, 6.45) is 4.33. The number of aromatic nitrogens is 2. The van der Waals surface area contributed by atoms with Gasteiger partial charge in [-0.1, -0.05) is 25.1 Å². The minimum atomic E-state index is -0.969. The van der Waals surface area contributed by atoms with Crippen molar-refractivity contribution in [2.75, 3.05) is 0 Å². The van der Waals surface area contributed by atoms with E-state index in [1.165, 1.54) is 0 Å². The summed E-state index contributed by atoms with van der Waals surface area (Å²) in [6.45, 7) is 2.38. The monoisotopic (exact) mass is 270 g/mol. The van der Waals surface area contributed by atoms with Gasteiger partial charge in [-0.15, -0.1) is 0 Å². The summed E-state index contributed by atoms with van der Waals surface area (Å²) >= 11 is 0. The summed E-state index contributed by atoms with van der Waals surface area (Å²) in [6, 6.07) is 7.18. The molecule has 5 nitrogen and oxygen atoms in total. The lowest BCUT2D eigenvalue weighted by molar-refractivity contribution is 0.0696. The number of nitrogens with zero attached hydrogens (tertiary/aromatic N) is 2. The first-order valence-corrected chi connectivity index (χ1v) is 6.44. The number of hydrogen-bond acceptors (Lipinski definition) is 3. The molecule has 5 heteroatoms. The number of carboxylic acids is 1. The molecule has 0 aliphatic heterocycles. The van der Waals surface area contributed by atoms with E-state index in [-0.39, 0.29) is 5.56 Å². The van der Waals surface area contributed by atoms with E-state index >= 15 is 0 Å². The normalized spacial score (nSPS) is 11.1. The first kappa shape index (κ1) is 12.5. The zero-order chi connectivity index (χ0) is 14.1. The second-order valence-electron chi connectivity index (χ2n) is 4.53. The highest BCUT2D eigenvalue weighted by molar-refractivity contribution is 6.03. The van der Waals surface area contributed by atoms with Crippen LogP contribution in [0.25, 0.3) is 11.0 Å². The van der Waals surface area contributed by atoms with Crippen molar-refractivity contribution in [2.24, 2.45) is 0 Å². The maximum Gasteiger partial charge on any atom is 0.339 e. The third-order valence-corrected chi connectivity index (χ3v) is 3.31. The quantitative estimate of drug-likeness (QED) is 0.791. The van der Waals surface area contributed by atoms with Crippen molar-refractivity contribution in [3.63, 3.8) is 0 Å². The second kappa shape index (κ2) is 4.85. The summed E-state index contributed by atoms with van der Waals surface area (Å²) in [5.74, 6) is 0.385. The predicted molar refractivity (Wildman–Crippen MR) is 73.9 cm³/mol. The van der Waals surface area contributed by atoms with Crippen molar-refractivity contribution in [3.8, 4) is 0 Å². The van der Waals surface area contributed by atoms with Crippen LogP contribution in [0.4, 0.5) is 0 Å². The number of hydrogen-bond donors (Lipinski definition) is 1. The molecule has 20 heavy (non-hydrogen) atoms. The molecule has 0 bridgehead atoms. The van der Waals surface area contributed by atoms with Gasteiger partial charge in [-0.25, -0.2) is 9.78 Å². The van der Waals surface area contributed by atoms with Gasteiger partial charge in [-0.2, -0.15) is 0 Å². The number of carbonyl (C=O) groups is 1. The fraction of sp³-hybridized carbons (Fsp3) is 0.200. The third kappa shape index (κ3) is 1.97. The van der Waals surface area contributed by atoms with Crippen molar-refractivity contribution >= 4 is 16.9 Å². The molecular formula is C15H14N2O3. The number of benzene rings is 1. The molecule has 0 atom stereocenters. The van der Waals surface area contributed by atoms with Crippen LogP contribution in [0.3, 0.4) is 0 Å². The number of aromatic carboxylic acids is 1. The fourth-order valence-electron chi connectivity index (χ4n) is 2.40. The molecule has 0 radical (unpaired) electrons. The largest absolute Gasteiger partial charge is 0.478 e. The summed E-state index contributed by atoms with van der Waals surface area (Å²) in [7, 11) is 0. The second-order valence-corrected chi connectivity index (χ2v) is 4.53. The maximum atomic E-state index is 11.5. The van der Waals surface area contributed by atoms with Gasteiger partial charge >= 0.3 is 5.97 Å². The zero-order valence-electron chi connectivity index (χ0n) is 11.0. The van der Waals surface area contributed by atoms with Crippen LogP contribution in [-0.2, 0) is 13.0 Å². The smallest absolute Gasteiger partial charge is 0.339 e. The number of furan rings is 1. The molecule has 2 heterocycles. The van der Waals surface area contributed by atoms with Crippen LogP contribution in [0.2, 0.25) is 0 Å². The first-order valence-electron chi connectivity index (χ1n) is 6.44. The zero-order valence-corrected chi connectivity index (χ0v) is 11.0. The number of fused-ring (bicyclic) bond motifs is 1. The molecule has 1 aromatic carbocycles. The highest BCUT2D eigenvalue weighted by atomic mass is 16.4. The third-order valence-electron chi connectivity index (χ3n) is 3.31. The van der Waals surface area contributed by atoms with Gasteiger partial charge in [0.2, 0.25) is 0 Å². The lowest BCUT2D eigenvalue weighted by Crippen LogP contribution is -2.07. The van der Waals surface area contributed by atoms with Crippen LogP contribution in [-0.4, -0.2) is 20.6 Å². The maximum absolute atomic E-state index is 11.5. The van der Waals surface area contributed by atoms with Crippen molar-refractivity contribution in [1.29, 1.82) is 0 Å². The Hall–Kier alpha value is -2.56. The molecule has 0 aliphatic rings. The Balaban J connectivity index is 2.11. The van der Waals surface area contributed by atoms with Crippen molar-refractivity contribution < 1.29 is 14.3 Å². The van der Waals surface area contributed by atoms with E-state index in [1.807, 2.05) is 29.8 Å². The molecule has 3 aromatic rings. The van der Waals surface area contributed by atoms with E-state index in [0.29, 0.717) is 23.3 Å². The number of rotatable bonds is 4.